The summed E-state index contributed by atoms with van der Waals surface area (Å²) in [6.07, 6.45) is -0.582. The van der Waals surface area contributed by atoms with Crippen molar-refractivity contribution in [2.45, 2.75) is 47.6 Å². The fourth-order valence-corrected chi connectivity index (χ4v) is 4.33. The number of fused-ring (bicyclic) bond motifs is 1. The topological polar surface area (TPSA) is 154 Å². The quantitative estimate of drug-likeness (QED) is 0.324. The summed E-state index contributed by atoms with van der Waals surface area (Å²) >= 11 is 0. The number of likely N-dealkylation sites (N-methyl/N-ethyl adjacent to an activating group) is 1. The van der Waals surface area contributed by atoms with Crippen molar-refractivity contribution in [3.63, 3.8) is 0 Å². The number of Topliss-reactive ketones (excluding diaryl/α,β-unsaturated/α-hetero) is 1. The zero-order valence-electron chi connectivity index (χ0n) is 23.1. The van der Waals surface area contributed by atoms with Crippen LogP contribution in [0.3, 0.4) is 0 Å². The Morgan fingerprint density at radius 2 is 1.62 bits per heavy atom. The van der Waals surface area contributed by atoms with Crippen LogP contribution in [0.25, 0.3) is 16.7 Å². The lowest BCUT2D eigenvalue weighted by atomic mass is 9.91. The zero-order valence-corrected chi connectivity index (χ0v) is 23.1. The van der Waals surface area contributed by atoms with E-state index in [1.54, 1.807) is 32.9 Å². The average molecular weight is 539 g/mol. The van der Waals surface area contributed by atoms with Gasteiger partial charge in [0, 0.05) is 37.3 Å². The smallest absolute Gasteiger partial charge is 0.334 e. The van der Waals surface area contributed by atoms with Gasteiger partial charge in [0.25, 0.3) is 5.69 Å². The predicted octanol–water partition coefficient (Wildman–Crippen LogP) is 3.24. The Bertz CT molecular complexity index is 1490. The monoisotopic (exact) mass is 538 g/mol. The van der Waals surface area contributed by atoms with Crippen LogP contribution in [-0.4, -0.2) is 56.8 Å². The second-order valence-electron chi connectivity index (χ2n) is 10.2. The molecule has 0 aliphatic carbocycles. The van der Waals surface area contributed by atoms with Gasteiger partial charge in [-0.25, -0.2) is 9.59 Å². The van der Waals surface area contributed by atoms with E-state index in [1.807, 2.05) is 26.0 Å². The van der Waals surface area contributed by atoms with Crippen LogP contribution in [0.1, 0.15) is 40.2 Å². The molecule has 0 fully saturated rings. The molecule has 0 aliphatic rings. The minimum Gasteiger partial charge on any atom is -0.372 e. The molecule has 1 aromatic heterocycles. The van der Waals surface area contributed by atoms with Crippen molar-refractivity contribution in [2.24, 2.45) is 11.1 Å². The van der Waals surface area contributed by atoms with Gasteiger partial charge < -0.3 is 10.6 Å². The predicted molar refractivity (Wildman–Crippen MR) is 148 cm³/mol. The molecule has 1 heterocycles. The number of nitro benzene ring substituents is 1. The molecular weight excluding hydrogens is 504 g/mol. The Kier molecular flexibility index (Phi) is 8.27. The number of ketones is 1. The van der Waals surface area contributed by atoms with E-state index in [4.69, 9.17) is 5.73 Å². The van der Waals surface area contributed by atoms with Crippen molar-refractivity contribution in [1.29, 1.82) is 0 Å². The standard InChI is InChI=1S/C27H34N6O6/c1-7-30(8-2)17-9-11-18(12-10-17)32-21-14-13-20(33(38)39)19(15-23(35)29(6)25(28)36)24(21)31(26(32)37)16-22(34)27(3,4)5/h9-14H,7-8,15-16H2,1-6H3,(H2,28,36). The number of nitro groups is 1. The van der Waals surface area contributed by atoms with E-state index in [1.165, 1.54) is 21.3 Å². The molecule has 0 unspecified atom stereocenters. The molecule has 3 aromatic rings. The van der Waals surface area contributed by atoms with Crippen LogP contribution < -0.4 is 16.3 Å². The molecule has 3 amide bonds. The molecule has 208 valence electrons. The lowest BCUT2D eigenvalue weighted by Crippen LogP contribution is -2.38. The highest BCUT2D eigenvalue weighted by atomic mass is 16.6. The minimum absolute atomic E-state index is 0.0749. The van der Waals surface area contributed by atoms with Crippen molar-refractivity contribution in [2.75, 3.05) is 25.0 Å². The Morgan fingerprint density at radius 1 is 1.03 bits per heavy atom. The molecular formula is C27H34N6O6. The van der Waals surface area contributed by atoms with Crippen LogP contribution in [-0.2, 0) is 22.6 Å². The minimum atomic E-state index is -1.03. The third-order valence-electron chi connectivity index (χ3n) is 6.77. The van der Waals surface area contributed by atoms with E-state index in [2.05, 4.69) is 4.90 Å². The second kappa shape index (κ2) is 11.1. The van der Waals surface area contributed by atoms with Gasteiger partial charge in [-0.2, -0.15) is 0 Å². The fourth-order valence-electron chi connectivity index (χ4n) is 4.33. The Labute approximate surface area is 225 Å². The number of hydrogen-bond acceptors (Lipinski definition) is 7. The summed E-state index contributed by atoms with van der Waals surface area (Å²) in [5, 5.41) is 12.0. The number of aromatic nitrogens is 2. The molecule has 2 N–H and O–H groups in total. The van der Waals surface area contributed by atoms with Gasteiger partial charge in [0.1, 0.15) is 0 Å². The van der Waals surface area contributed by atoms with Crippen molar-refractivity contribution >= 4 is 40.1 Å². The first kappa shape index (κ1) is 29.1. The average Bonchev–Trinajstić information content (AvgIpc) is 3.15. The highest BCUT2D eigenvalue weighted by Gasteiger charge is 2.30. The summed E-state index contributed by atoms with van der Waals surface area (Å²) in [5.41, 5.74) is 5.14. The molecule has 12 heteroatoms. The molecule has 0 bridgehead atoms. The van der Waals surface area contributed by atoms with Crippen LogP contribution in [0.2, 0.25) is 0 Å². The molecule has 39 heavy (non-hydrogen) atoms. The number of anilines is 1. The number of carbonyl (C=O) groups is 3. The molecule has 3 rings (SSSR count). The normalized spacial score (nSPS) is 11.4. The maximum absolute atomic E-state index is 13.9. The second-order valence-corrected chi connectivity index (χ2v) is 10.2. The summed E-state index contributed by atoms with van der Waals surface area (Å²) in [6, 6.07) is 8.88. The number of urea groups is 1. The highest BCUT2D eigenvalue weighted by Crippen LogP contribution is 2.31. The van der Waals surface area contributed by atoms with Gasteiger partial charge in [0.15, 0.2) is 5.78 Å². The first-order valence-corrected chi connectivity index (χ1v) is 12.6. The number of amides is 3. The molecule has 0 saturated carbocycles. The van der Waals surface area contributed by atoms with Gasteiger partial charge in [-0.3, -0.25) is 33.7 Å². The lowest BCUT2D eigenvalue weighted by molar-refractivity contribution is -0.385. The van der Waals surface area contributed by atoms with Crippen molar-refractivity contribution in [3.8, 4) is 5.69 Å². The third kappa shape index (κ3) is 5.69. The largest absolute Gasteiger partial charge is 0.372 e. The molecule has 0 spiro atoms. The third-order valence-corrected chi connectivity index (χ3v) is 6.77. The van der Waals surface area contributed by atoms with Crippen molar-refractivity contribution < 1.29 is 19.3 Å². The van der Waals surface area contributed by atoms with E-state index >= 15 is 0 Å². The lowest BCUT2D eigenvalue weighted by Gasteiger charge is -2.21. The number of nitrogens with zero attached hydrogens (tertiary/aromatic N) is 5. The number of nitrogens with two attached hydrogens (primary N) is 1. The van der Waals surface area contributed by atoms with Gasteiger partial charge >= 0.3 is 11.7 Å². The summed E-state index contributed by atoms with van der Waals surface area (Å²) in [6.45, 7) is 10.4. The van der Waals surface area contributed by atoms with Crippen LogP contribution in [0.4, 0.5) is 16.2 Å². The number of carbonyl (C=O) groups excluding carboxylic acids is 3. The molecule has 0 aliphatic heterocycles. The summed E-state index contributed by atoms with van der Waals surface area (Å²) in [5.74, 6) is -1.07. The fraction of sp³-hybridized carbons (Fsp3) is 0.407. The summed E-state index contributed by atoms with van der Waals surface area (Å²) < 4.78 is 2.54. The molecule has 0 saturated heterocycles. The zero-order chi connectivity index (χ0) is 29.2. The number of primary amides is 1. The Morgan fingerprint density at radius 3 is 2.10 bits per heavy atom. The molecule has 0 radical (unpaired) electrons. The van der Waals surface area contributed by atoms with E-state index in [0.717, 1.165) is 25.8 Å². The molecule has 12 nitrogen and oxygen atoms in total. The Balaban J connectivity index is 2.36. The van der Waals surface area contributed by atoms with Gasteiger partial charge in [0.05, 0.1) is 40.2 Å². The van der Waals surface area contributed by atoms with Gasteiger partial charge in [-0.15, -0.1) is 0 Å². The number of imide groups is 1. The van der Waals surface area contributed by atoms with Crippen LogP contribution in [0, 0.1) is 15.5 Å². The van der Waals surface area contributed by atoms with Crippen LogP contribution >= 0.6 is 0 Å². The Hall–Kier alpha value is -4.48. The maximum Gasteiger partial charge on any atom is 0.334 e. The first-order chi connectivity index (χ1) is 18.2. The maximum atomic E-state index is 13.9. The highest BCUT2D eigenvalue weighted by molar-refractivity contribution is 5.98. The summed E-state index contributed by atoms with van der Waals surface area (Å²) in [7, 11) is 1.16. The van der Waals surface area contributed by atoms with Crippen LogP contribution in [0.15, 0.2) is 41.2 Å². The van der Waals surface area contributed by atoms with Crippen molar-refractivity contribution in [1.82, 2.24) is 14.0 Å². The first-order valence-electron chi connectivity index (χ1n) is 12.6. The van der Waals surface area contributed by atoms with Crippen LogP contribution in [0.5, 0.6) is 0 Å². The van der Waals surface area contributed by atoms with E-state index < -0.39 is 40.1 Å². The van der Waals surface area contributed by atoms with E-state index in [9.17, 15) is 29.3 Å². The van der Waals surface area contributed by atoms with E-state index in [0.29, 0.717) is 10.6 Å². The number of benzene rings is 2. The number of rotatable bonds is 9. The molecule has 2 aromatic carbocycles. The van der Waals surface area contributed by atoms with Gasteiger partial charge in [-0.05, 0) is 44.2 Å². The van der Waals surface area contributed by atoms with E-state index in [-0.39, 0.29) is 28.9 Å². The number of imidazole rings is 1. The van der Waals surface area contributed by atoms with Gasteiger partial charge in [-0.1, -0.05) is 20.8 Å². The summed E-state index contributed by atoms with van der Waals surface area (Å²) in [4.78, 5) is 65.4. The SMILES string of the molecule is CCN(CC)c1ccc(-n2c(=O)n(CC(=O)C(C)(C)C)c3c(CC(=O)N(C)C(N)=O)c([N+](=O)[O-])ccc32)cc1. The van der Waals surface area contributed by atoms with Crippen molar-refractivity contribution in [3.05, 3.63) is 62.6 Å². The van der Waals surface area contributed by atoms with Gasteiger partial charge in [0.2, 0.25) is 5.91 Å². The number of hydrogen-bond donors (Lipinski definition) is 1. The molecule has 0 atom stereocenters.